The summed E-state index contributed by atoms with van der Waals surface area (Å²) in [5.74, 6) is -0.616. The molecular formula is C36H45N3O7Si. The lowest BCUT2D eigenvalue weighted by Gasteiger charge is -2.41. The molecule has 4 rings (SSSR count). The number of carbonyl (C=O) groups excluding carboxylic acids is 1. The average molecular weight is 660 g/mol. The Hall–Kier alpha value is -4.48. The predicted molar refractivity (Wildman–Crippen MR) is 184 cm³/mol. The Morgan fingerprint density at radius 3 is 2.23 bits per heavy atom. The number of ether oxygens (including phenoxy) is 2. The van der Waals surface area contributed by atoms with Crippen LogP contribution in [0.25, 0.3) is 10.9 Å². The number of nitrogens with zero attached hydrogens (tertiary/aromatic N) is 2. The molecule has 2 aromatic carbocycles. The largest absolute Gasteiger partial charge is 0.487 e. The van der Waals surface area contributed by atoms with Gasteiger partial charge in [-0.3, -0.25) is 4.79 Å². The minimum atomic E-state index is -2.44. The van der Waals surface area contributed by atoms with Crippen LogP contribution in [0.2, 0.25) is 18.1 Å². The number of H-pyrrole nitrogens is 1. The molecule has 1 atom stereocenters. The maximum Gasteiger partial charge on any atom is 0.410 e. The van der Waals surface area contributed by atoms with Gasteiger partial charge < -0.3 is 28.9 Å². The first-order valence-electron chi connectivity index (χ1n) is 15.6. The SMILES string of the molecule is CC(C)(C)OC(=O)N(Cc1ccc(C(=O)O)nc1)C[C@H](O[Si](C)(C)C(C)(C)C)c1ccc(OCc2ccccc2)c2[nH]c(=O)ccc12. The van der Waals surface area contributed by atoms with Gasteiger partial charge in [0, 0.05) is 17.6 Å². The van der Waals surface area contributed by atoms with E-state index in [0.717, 1.165) is 16.5 Å². The van der Waals surface area contributed by atoms with E-state index in [1.807, 2.05) is 42.5 Å². The van der Waals surface area contributed by atoms with Gasteiger partial charge in [0.2, 0.25) is 5.56 Å². The number of aromatic carboxylic acids is 1. The van der Waals surface area contributed by atoms with Gasteiger partial charge in [-0.25, -0.2) is 14.6 Å². The van der Waals surface area contributed by atoms with Crippen LogP contribution >= 0.6 is 0 Å². The van der Waals surface area contributed by atoms with E-state index < -0.39 is 32.1 Å². The minimum absolute atomic E-state index is 0.0910. The Kier molecular flexibility index (Phi) is 10.6. The molecule has 2 aromatic heterocycles. The van der Waals surface area contributed by atoms with E-state index in [2.05, 4.69) is 43.8 Å². The molecule has 0 aliphatic heterocycles. The van der Waals surface area contributed by atoms with Crippen molar-refractivity contribution in [3.8, 4) is 5.75 Å². The van der Waals surface area contributed by atoms with Crippen molar-refractivity contribution in [2.75, 3.05) is 6.54 Å². The number of hydrogen-bond donors (Lipinski definition) is 2. The fourth-order valence-electron chi connectivity index (χ4n) is 4.71. The van der Waals surface area contributed by atoms with Crippen LogP contribution in [0.1, 0.15) is 74.8 Å². The van der Waals surface area contributed by atoms with E-state index in [1.54, 1.807) is 37.8 Å². The van der Waals surface area contributed by atoms with Crippen molar-refractivity contribution in [3.05, 3.63) is 106 Å². The molecule has 11 heteroatoms. The van der Waals surface area contributed by atoms with Gasteiger partial charge in [0.05, 0.1) is 24.7 Å². The summed E-state index contributed by atoms with van der Waals surface area (Å²) >= 11 is 0. The highest BCUT2D eigenvalue weighted by atomic mass is 28.4. The number of aromatic amines is 1. The normalized spacial score (nSPS) is 12.9. The monoisotopic (exact) mass is 659 g/mol. The van der Waals surface area contributed by atoms with E-state index in [0.29, 0.717) is 23.4 Å². The Labute approximate surface area is 276 Å². The number of hydrogen-bond acceptors (Lipinski definition) is 7. The molecule has 0 fully saturated rings. The van der Waals surface area contributed by atoms with Crippen LogP contribution in [0.3, 0.4) is 0 Å². The van der Waals surface area contributed by atoms with Gasteiger partial charge in [0.15, 0.2) is 8.32 Å². The van der Waals surface area contributed by atoms with Gasteiger partial charge in [-0.15, -0.1) is 0 Å². The highest BCUT2D eigenvalue weighted by Crippen LogP contribution is 2.42. The van der Waals surface area contributed by atoms with Crippen LogP contribution < -0.4 is 10.3 Å². The highest BCUT2D eigenvalue weighted by molar-refractivity contribution is 6.74. The van der Waals surface area contributed by atoms with Crippen molar-refractivity contribution >= 4 is 31.3 Å². The van der Waals surface area contributed by atoms with Crippen LogP contribution in [0, 0.1) is 0 Å². The summed E-state index contributed by atoms with van der Waals surface area (Å²) in [6.07, 6.45) is 0.277. The summed E-state index contributed by atoms with van der Waals surface area (Å²) in [5.41, 5.74) is 1.81. The first kappa shape index (κ1) is 35.4. The summed E-state index contributed by atoms with van der Waals surface area (Å²) in [4.78, 5) is 46.2. The molecule has 0 unspecified atom stereocenters. The van der Waals surface area contributed by atoms with Crippen LogP contribution in [0.15, 0.2) is 77.7 Å². The van der Waals surface area contributed by atoms with Crippen LogP contribution in [-0.2, 0) is 22.3 Å². The van der Waals surface area contributed by atoms with Gasteiger partial charge in [-0.05, 0) is 73.8 Å². The molecule has 0 spiro atoms. The molecule has 0 bridgehead atoms. The lowest BCUT2D eigenvalue weighted by molar-refractivity contribution is 0.0137. The molecule has 4 aromatic rings. The molecular weight excluding hydrogens is 614 g/mol. The highest BCUT2D eigenvalue weighted by Gasteiger charge is 2.41. The Morgan fingerprint density at radius 2 is 1.64 bits per heavy atom. The number of rotatable bonds is 11. The summed E-state index contributed by atoms with van der Waals surface area (Å²) in [6.45, 7) is 16.7. The number of carboxylic acids is 1. The second kappa shape index (κ2) is 14.1. The van der Waals surface area contributed by atoms with Crippen LogP contribution in [0.5, 0.6) is 5.75 Å². The summed E-state index contributed by atoms with van der Waals surface area (Å²) in [7, 11) is -2.44. The minimum Gasteiger partial charge on any atom is -0.487 e. The number of aromatic nitrogens is 2. The molecule has 2 N–H and O–H groups in total. The number of nitrogens with one attached hydrogen (secondary N) is 1. The fraction of sp³-hybridized carbons (Fsp3) is 0.389. The van der Waals surface area contributed by atoms with Crippen molar-refractivity contribution in [1.82, 2.24) is 14.9 Å². The van der Waals surface area contributed by atoms with E-state index in [4.69, 9.17) is 13.9 Å². The van der Waals surface area contributed by atoms with E-state index >= 15 is 0 Å². The lowest BCUT2D eigenvalue weighted by atomic mass is 10.0. The van der Waals surface area contributed by atoms with Gasteiger partial charge in [-0.2, -0.15) is 0 Å². The molecule has 0 aliphatic rings. The lowest BCUT2D eigenvalue weighted by Crippen LogP contribution is -2.45. The first-order valence-corrected chi connectivity index (χ1v) is 18.5. The molecule has 47 heavy (non-hydrogen) atoms. The molecule has 0 aliphatic carbocycles. The summed E-state index contributed by atoms with van der Waals surface area (Å²) in [5, 5.41) is 9.90. The number of fused-ring (bicyclic) bond motifs is 1. The van der Waals surface area contributed by atoms with Crippen LogP contribution in [-0.4, -0.2) is 52.5 Å². The van der Waals surface area contributed by atoms with E-state index in [1.165, 1.54) is 18.3 Å². The summed E-state index contributed by atoms with van der Waals surface area (Å²) < 4.78 is 19.1. The number of amides is 1. The smallest absolute Gasteiger partial charge is 0.410 e. The van der Waals surface area contributed by atoms with Crippen molar-refractivity contribution in [2.24, 2.45) is 0 Å². The van der Waals surface area contributed by atoms with Gasteiger partial charge >= 0.3 is 12.1 Å². The zero-order chi connectivity index (χ0) is 34.6. The van der Waals surface area contributed by atoms with Gasteiger partial charge in [-0.1, -0.05) is 63.2 Å². The molecule has 1 amide bonds. The van der Waals surface area contributed by atoms with E-state index in [9.17, 15) is 19.5 Å². The van der Waals surface area contributed by atoms with Crippen molar-refractivity contribution in [3.63, 3.8) is 0 Å². The topological polar surface area (TPSA) is 131 Å². The Morgan fingerprint density at radius 1 is 0.936 bits per heavy atom. The Balaban J connectivity index is 1.80. The molecule has 250 valence electrons. The predicted octanol–water partition coefficient (Wildman–Crippen LogP) is 7.70. The molecule has 0 saturated carbocycles. The van der Waals surface area contributed by atoms with Gasteiger partial charge in [0.25, 0.3) is 0 Å². The van der Waals surface area contributed by atoms with Crippen LogP contribution in [0.4, 0.5) is 4.79 Å². The van der Waals surface area contributed by atoms with Crippen molar-refractivity contribution in [2.45, 2.75) is 84.5 Å². The van der Waals surface area contributed by atoms with Crippen molar-refractivity contribution in [1.29, 1.82) is 0 Å². The zero-order valence-electron chi connectivity index (χ0n) is 28.4. The zero-order valence-corrected chi connectivity index (χ0v) is 29.4. The third kappa shape index (κ3) is 9.29. The quantitative estimate of drug-likeness (QED) is 0.157. The maximum absolute atomic E-state index is 13.7. The fourth-order valence-corrected chi connectivity index (χ4v) is 5.98. The number of benzene rings is 2. The third-order valence-electron chi connectivity index (χ3n) is 8.17. The second-order valence-corrected chi connectivity index (χ2v) is 18.9. The number of carbonyl (C=O) groups is 2. The maximum atomic E-state index is 13.7. The standard InChI is InChI=1S/C36H45N3O7Si/c1-35(2,3)45-34(43)39(21-25-14-17-28(33(41)42)37-20-25)22-30(46-47(7,8)36(4,5)6)26-15-18-29(32-27(26)16-19-31(40)38-32)44-23-24-12-10-9-11-13-24/h9-20,30H,21-23H2,1-8H3,(H,38,40)(H,41,42)/t30-/m0/s1. The van der Waals surface area contributed by atoms with Crippen molar-refractivity contribution < 1.29 is 28.6 Å². The van der Waals surface area contributed by atoms with E-state index in [-0.39, 0.29) is 29.4 Å². The number of carboxylic acid groups (broad SMARTS) is 1. The average Bonchev–Trinajstić information content (AvgIpc) is 2.98. The molecule has 2 heterocycles. The molecule has 10 nitrogen and oxygen atoms in total. The third-order valence-corrected chi connectivity index (χ3v) is 12.7. The molecule has 0 saturated heterocycles. The molecule has 0 radical (unpaired) electrons. The number of pyridine rings is 2. The Bertz CT molecular complexity index is 1760. The second-order valence-electron chi connectivity index (χ2n) is 14.1. The first-order chi connectivity index (χ1) is 21.9. The summed E-state index contributed by atoms with van der Waals surface area (Å²) in [6, 6.07) is 19.8. The van der Waals surface area contributed by atoms with Gasteiger partial charge in [0.1, 0.15) is 23.7 Å².